The third-order valence-corrected chi connectivity index (χ3v) is 2.51. The molecule has 0 fully saturated rings. The summed E-state index contributed by atoms with van der Waals surface area (Å²) in [6.45, 7) is 9.75. The van der Waals surface area contributed by atoms with Gasteiger partial charge in [0.25, 0.3) is 5.91 Å². The second-order valence-corrected chi connectivity index (χ2v) is 4.74. The zero-order chi connectivity index (χ0) is 13.5. The molecule has 3 nitrogen and oxygen atoms in total. The minimum atomic E-state index is -0.0481. The monoisotopic (exact) mass is 246 g/mol. The van der Waals surface area contributed by atoms with E-state index in [1.165, 1.54) is 0 Å². The van der Waals surface area contributed by atoms with Gasteiger partial charge in [0.1, 0.15) is 0 Å². The number of para-hydroxylation sites is 1. The number of carbonyl (C=O) groups is 1. The summed E-state index contributed by atoms with van der Waals surface area (Å²) in [6.07, 6.45) is 2.58. The number of nitrogens with one attached hydrogen (secondary N) is 2. The highest BCUT2D eigenvalue weighted by molar-refractivity contribution is 5.99. The van der Waals surface area contributed by atoms with Gasteiger partial charge in [-0.25, -0.2) is 0 Å². The second-order valence-electron chi connectivity index (χ2n) is 4.74. The Morgan fingerprint density at radius 2 is 2.00 bits per heavy atom. The van der Waals surface area contributed by atoms with Gasteiger partial charge in [0.15, 0.2) is 0 Å². The molecular formula is C15H22N2O. The highest BCUT2D eigenvalue weighted by atomic mass is 16.1. The maximum absolute atomic E-state index is 12.1. The number of amides is 1. The van der Waals surface area contributed by atoms with E-state index in [4.69, 9.17) is 0 Å². The number of carbonyl (C=O) groups excluding carboxylic acids is 1. The van der Waals surface area contributed by atoms with Gasteiger partial charge in [0, 0.05) is 17.8 Å². The van der Waals surface area contributed by atoms with Crippen LogP contribution in [0.5, 0.6) is 0 Å². The van der Waals surface area contributed by atoms with Crippen LogP contribution in [0.15, 0.2) is 36.9 Å². The Morgan fingerprint density at radius 1 is 1.33 bits per heavy atom. The number of rotatable bonds is 6. The van der Waals surface area contributed by atoms with E-state index in [0.717, 1.165) is 12.1 Å². The van der Waals surface area contributed by atoms with Crippen molar-refractivity contribution in [2.75, 3.05) is 5.32 Å². The molecular weight excluding hydrogens is 224 g/mol. The first-order valence-electron chi connectivity index (χ1n) is 6.32. The minimum absolute atomic E-state index is 0.0481. The first-order valence-corrected chi connectivity index (χ1v) is 6.32. The van der Waals surface area contributed by atoms with Gasteiger partial charge < -0.3 is 10.6 Å². The number of benzene rings is 1. The van der Waals surface area contributed by atoms with Gasteiger partial charge in [-0.15, -0.1) is 6.58 Å². The van der Waals surface area contributed by atoms with E-state index >= 15 is 0 Å². The maximum atomic E-state index is 12.1. The molecule has 0 aromatic heterocycles. The summed E-state index contributed by atoms with van der Waals surface area (Å²) in [6, 6.07) is 7.95. The lowest BCUT2D eigenvalue weighted by molar-refractivity contribution is 0.0941. The molecule has 0 saturated heterocycles. The van der Waals surface area contributed by atoms with Crippen LogP contribution >= 0.6 is 0 Å². The Hall–Kier alpha value is -1.77. The van der Waals surface area contributed by atoms with Gasteiger partial charge in [-0.3, -0.25) is 4.79 Å². The van der Waals surface area contributed by atoms with E-state index in [2.05, 4.69) is 31.1 Å². The average Bonchev–Trinajstić information content (AvgIpc) is 2.28. The Labute approximate surface area is 109 Å². The second kappa shape index (κ2) is 6.84. The van der Waals surface area contributed by atoms with E-state index < -0.39 is 0 Å². The molecule has 0 radical (unpaired) electrons. The third-order valence-electron chi connectivity index (χ3n) is 2.51. The predicted molar refractivity (Wildman–Crippen MR) is 76.9 cm³/mol. The SMILES string of the molecule is C=CCC(C)NC(=O)c1ccccc1NC(C)C. The normalized spacial score (nSPS) is 12.0. The summed E-state index contributed by atoms with van der Waals surface area (Å²) >= 11 is 0. The third kappa shape index (κ3) is 4.24. The zero-order valence-corrected chi connectivity index (χ0v) is 11.4. The van der Waals surface area contributed by atoms with Gasteiger partial charge in [-0.05, 0) is 39.3 Å². The lowest BCUT2D eigenvalue weighted by atomic mass is 10.1. The molecule has 0 saturated carbocycles. The molecule has 1 unspecified atom stereocenters. The van der Waals surface area contributed by atoms with Crippen LogP contribution in [0.4, 0.5) is 5.69 Å². The largest absolute Gasteiger partial charge is 0.382 e. The highest BCUT2D eigenvalue weighted by Crippen LogP contribution is 2.16. The Kier molecular flexibility index (Phi) is 5.43. The van der Waals surface area contributed by atoms with Crippen LogP contribution in [0.1, 0.15) is 37.6 Å². The van der Waals surface area contributed by atoms with Crippen LogP contribution in [0.2, 0.25) is 0 Å². The van der Waals surface area contributed by atoms with Crippen LogP contribution < -0.4 is 10.6 Å². The molecule has 0 aliphatic rings. The molecule has 98 valence electrons. The molecule has 18 heavy (non-hydrogen) atoms. The maximum Gasteiger partial charge on any atom is 0.253 e. The molecule has 1 aromatic carbocycles. The van der Waals surface area contributed by atoms with Crippen molar-refractivity contribution in [1.29, 1.82) is 0 Å². The van der Waals surface area contributed by atoms with Crippen LogP contribution in [-0.2, 0) is 0 Å². The zero-order valence-electron chi connectivity index (χ0n) is 11.4. The van der Waals surface area contributed by atoms with Crippen LogP contribution in [0.3, 0.4) is 0 Å². The summed E-state index contributed by atoms with van der Waals surface area (Å²) in [7, 11) is 0. The van der Waals surface area contributed by atoms with Crippen molar-refractivity contribution >= 4 is 11.6 Å². The number of anilines is 1. The molecule has 0 heterocycles. The van der Waals surface area contributed by atoms with Gasteiger partial charge in [-0.1, -0.05) is 18.2 Å². The van der Waals surface area contributed by atoms with Crippen molar-refractivity contribution in [1.82, 2.24) is 5.32 Å². The summed E-state index contributed by atoms with van der Waals surface area (Å²) in [5, 5.41) is 6.24. The van der Waals surface area contributed by atoms with Crippen LogP contribution in [0, 0.1) is 0 Å². The topological polar surface area (TPSA) is 41.1 Å². The van der Waals surface area contributed by atoms with Gasteiger partial charge in [0.05, 0.1) is 5.56 Å². The summed E-state index contributed by atoms with van der Waals surface area (Å²) < 4.78 is 0. The van der Waals surface area contributed by atoms with Gasteiger partial charge in [-0.2, -0.15) is 0 Å². The summed E-state index contributed by atoms with van der Waals surface area (Å²) in [5.41, 5.74) is 1.55. The van der Waals surface area contributed by atoms with E-state index in [9.17, 15) is 4.79 Å². The Bertz CT molecular complexity index is 413. The fraction of sp³-hybridized carbons (Fsp3) is 0.400. The molecule has 0 aliphatic carbocycles. The van der Waals surface area contributed by atoms with Crippen molar-refractivity contribution in [3.63, 3.8) is 0 Å². The van der Waals surface area contributed by atoms with E-state index in [-0.39, 0.29) is 11.9 Å². The Morgan fingerprint density at radius 3 is 2.61 bits per heavy atom. The van der Waals surface area contributed by atoms with Crippen molar-refractivity contribution in [3.05, 3.63) is 42.5 Å². The molecule has 2 N–H and O–H groups in total. The Balaban J connectivity index is 2.81. The standard InChI is InChI=1S/C15H22N2O/c1-5-8-12(4)17-15(18)13-9-6-7-10-14(13)16-11(2)3/h5-7,9-12,16H,1,8H2,2-4H3,(H,17,18). The molecule has 1 atom stereocenters. The predicted octanol–water partition coefficient (Wildman–Crippen LogP) is 3.20. The van der Waals surface area contributed by atoms with Gasteiger partial charge in [0.2, 0.25) is 0 Å². The average molecular weight is 246 g/mol. The molecule has 0 bridgehead atoms. The van der Waals surface area contributed by atoms with Crippen molar-refractivity contribution in [3.8, 4) is 0 Å². The fourth-order valence-corrected chi connectivity index (χ4v) is 1.73. The highest BCUT2D eigenvalue weighted by Gasteiger charge is 2.13. The fourth-order valence-electron chi connectivity index (χ4n) is 1.73. The van der Waals surface area contributed by atoms with Crippen LogP contribution in [-0.4, -0.2) is 18.0 Å². The molecule has 0 spiro atoms. The van der Waals surface area contributed by atoms with Crippen molar-refractivity contribution in [2.45, 2.75) is 39.3 Å². The quantitative estimate of drug-likeness (QED) is 0.757. The molecule has 3 heteroatoms. The van der Waals surface area contributed by atoms with Crippen molar-refractivity contribution in [2.24, 2.45) is 0 Å². The molecule has 1 aromatic rings. The van der Waals surface area contributed by atoms with Gasteiger partial charge >= 0.3 is 0 Å². The minimum Gasteiger partial charge on any atom is -0.382 e. The summed E-state index contributed by atoms with van der Waals surface area (Å²) in [4.78, 5) is 12.1. The van der Waals surface area contributed by atoms with E-state index in [1.807, 2.05) is 37.3 Å². The smallest absolute Gasteiger partial charge is 0.253 e. The lowest BCUT2D eigenvalue weighted by Gasteiger charge is -2.16. The first-order chi connectivity index (χ1) is 8.54. The molecule has 1 rings (SSSR count). The molecule has 0 aliphatic heterocycles. The van der Waals surface area contributed by atoms with Crippen LogP contribution in [0.25, 0.3) is 0 Å². The van der Waals surface area contributed by atoms with Crippen molar-refractivity contribution < 1.29 is 4.79 Å². The number of hydrogen-bond donors (Lipinski definition) is 2. The number of hydrogen-bond acceptors (Lipinski definition) is 2. The lowest BCUT2D eigenvalue weighted by Crippen LogP contribution is -2.32. The summed E-state index contributed by atoms with van der Waals surface area (Å²) in [5.74, 6) is -0.0481. The first kappa shape index (κ1) is 14.3. The van der Waals surface area contributed by atoms with E-state index in [1.54, 1.807) is 0 Å². The van der Waals surface area contributed by atoms with E-state index in [0.29, 0.717) is 11.6 Å². The molecule has 1 amide bonds.